The van der Waals surface area contributed by atoms with Crippen molar-refractivity contribution in [3.63, 3.8) is 0 Å². The monoisotopic (exact) mass is 213 g/mol. The fraction of sp³-hybridized carbons (Fsp3) is 0.800. The first-order valence-corrected chi connectivity index (χ1v) is 5.37. The van der Waals surface area contributed by atoms with Crippen LogP contribution in [0, 0.1) is 0 Å². The van der Waals surface area contributed by atoms with E-state index >= 15 is 0 Å². The second kappa shape index (κ2) is 5.00. The number of nitrogens with zero attached hydrogens (tertiary/aromatic N) is 2. The Bertz CT molecular complexity index is 265. The van der Waals surface area contributed by atoms with Gasteiger partial charge in [0.05, 0.1) is 6.42 Å². The van der Waals surface area contributed by atoms with Crippen molar-refractivity contribution in [1.82, 2.24) is 4.90 Å². The van der Waals surface area contributed by atoms with Crippen molar-refractivity contribution in [2.75, 3.05) is 0 Å². The first kappa shape index (κ1) is 11.8. The third-order valence-corrected chi connectivity index (χ3v) is 3.01. The SMILES string of the molecule is CCC1CCC(C)N1C(=O)CC(N)=NO. The van der Waals surface area contributed by atoms with Crippen LogP contribution in [0.1, 0.15) is 39.5 Å². The lowest BCUT2D eigenvalue weighted by atomic mass is 10.1. The number of oxime groups is 1. The smallest absolute Gasteiger partial charge is 0.230 e. The van der Waals surface area contributed by atoms with Crippen LogP contribution in [0.3, 0.4) is 0 Å². The molecule has 2 unspecified atom stereocenters. The Hall–Kier alpha value is -1.26. The Morgan fingerprint density at radius 1 is 1.60 bits per heavy atom. The summed E-state index contributed by atoms with van der Waals surface area (Å²) in [4.78, 5) is 13.7. The van der Waals surface area contributed by atoms with Crippen molar-refractivity contribution in [3.05, 3.63) is 0 Å². The second-order valence-corrected chi connectivity index (χ2v) is 4.06. The van der Waals surface area contributed by atoms with Crippen molar-refractivity contribution in [2.45, 2.75) is 51.6 Å². The standard InChI is InChI=1S/C10H19N3O2/c1-3-8-5-4-7(2)13(8)10(14)6-9(11)12-15/h7-8,15H,3-6H2,1-2H3,(H2,11,12). The molecule has 0 saturated carbocycles. The minimum atomic E-state index is -0.0397. The lowest BCUT2D eigenvalue weighted by Crippen LogP contribution is -2.41. The summed E-state index contributed by atoms with van der Waals surface area (Å²) in [7, 11) is 0. The molecule has 0 aliphatic carbocycles. The van der Waals surface area contributed by atoms with Crippen LogP contribution in [0.25, 0.3) is 0 Å². The molecule has 0 spiro atoms. The number of carbonyl (C=O) groups excluding carboxylic acids is 1. The van der Waals surface area contributed by atoms with Crippen LogP contribution >= 0.6 is 0 Å². The summed E-state index contributed by atoms with van der Waals surface area (Å²) in [6, 6.07) is 0.591. The number of amidine groups is 1. The topological polar surface area (TPSA) is 78.9 Å². The van der Waals surface area contributed by atoms with E-state index in [1.165, 1.54) is 0 Å². The molecular formula is C10H19N3O2. The van der Waals surface area contributed by atoms with Gasteiger partial charge in [-0.1, -0.05) is 12.1 Å². The maximum Gasteiger partial charge on any atom is 0.230 e. The van der Waals surface area contributed by atoms with Crippen molar-refractivity contribution >= 4 is 11.7 Å². The zero-order valence-corrected chi connectivity index (χ0v) is 9.31. The summed E-state index contributed by atoms with van der Waals surface area (Å²) in [5.41, 5.74) is 5.33. The number of hydrogen-bond donors (Lipinski definition) is 2. The second-order valence-electron chi connectivity index (χ2n) is 4.06. The summed E-state index contributed by atoms with van der Waals surface area (Å²) in [6.07, 6.45) is 3.07. The Morgan fingerprint density at radius 3 is 2.80 bits per heavy atom. The van der Waals surface area contributed by atoms with E-state index in [0.29, 0.717) is 6.04 Å². The molecule has 86 valence electrons. The zero-order valence-electron chi connectivity index (χ0n) is 9.31. The van der Waals surface area contributed by atoms with Crippen LogP contribution in [0.2, 0.25) is 0 Å². The number of hydrogen-bond acceptors (Lipinski definition) is 3. The minimum Gasteiger partial charge on any atom is -0.409 e. The molecular weight excluding hydrogens is 194 g/mol. The van der Waals surface area contributed by atoms with Crippen molar-refractivity contribution < 1.29 is 10.0 Å². The number of nitrogens with two attached hydrogens (primary N) is 1. The minimum absolute atomic E-state index is 0.0112. The molecule has 1 saturated heterocycles. The number of rotatable bonds is 3. The molecule has 3 N–H and O–H groups in total. The van der Waals surface area contributed by atoms with Gasteiger partial charge in [-0.25, -0.2) is 0 Å². The third-order valence-electron chi connectivity index (χ3n) is 3.01. The highest BCUT2D eigenvalue weighted by molar-refractivity contribution is 5.99. The molecule has 1 amide bonds. The van der Waals surface area contributed by atoms with Gasteiger partial charge in [0, 0.05) is 12.1 Å². The first-order chi connectivity index (χ1) is 7.10. The van der Waals surface area contributed by atoms with Gasteiger partial charge in [-0.15, -0.1) is 0 Å². The molecule has 0 aromatic rings. The van der Waals surface area contributed by atoms with Crippen LogP contribution in [-0.2, 0) is 4.79 Å². The normalized spacial score (nSPS) is 27.1. The van der Waals surface area contributed by atoms with E-state index in [1.807, 2.05) is 11.8 Å². The van der Waals surface area contributed by atoms with E-state index in [4.69, 9.17) is 10.9 Å². The lowest BCUT2D eigenvalue weighted by Gasteiger charge is -2.27. The van der Waals surface area contributed by atoms with Gasteiger partial charge in [0.25, 0.3) is 0 Å². The quantitative estimate of drug-likeness (QED) is 0.316. The van der Waals surface area contributed by atoms with Crippen molar-refractivity contribution in [3.8, 4) is 0 Å². The predicted octanol–water partition coefficient (Wildman–Crippen LogP) is 0.912. The van der Waals surface area contributed by atoms with Crippen LogP contribution in [-0.4, -0.2) is 33.9 Å². The van der Waals surface area contributed by atoms with E-state index in [0.717, 1.165) is 19.3 Å². The highest BCUT2D eigenvalue weighted by Gasteiger charge is 2.32. The van der Waals surface area contributed by atoms with E-state index in [9.17, 15) is 4.79 Å². The van der Waals surface area contributed by atoms with Crippen LogP contribution in [0.5, 0.6) is 0 Å². The van der Waals surface area contributed by atoms with Gasteiger partial charge in [-0.05, 0) is 26.2 Å². The molecule has 0 aromatic heterocycles. The summed E-state index contributed by atoms with van der Waals surface area (Å²) in [5, 5.41) is 11.2. The lowest BCUT2D eigenvalue weighted by molar-refractivity contribution is -0.132. The van der Waals surface area contributed by atoms with Gasteiger partial charge in [0.2, 0.25) is 5.91 Å². The largest absolute Gasteiger partial charge is 0.409 e. The molecule has 1 fully saturated rings. The molecule has 1 heterocycles. The van der Waals surface area contributed by atoms with E-state index in [1.54, 1.807) is 0 Å². The highest BCUT2D eigenvalue weighted by Crippen LogP contribution is 2.26. The number of amides is 1. The van der Waals surface area contributed by atoms with Crippen molar-refractivity contribution in [2.24, 2.45) is 10.9 Å². The predicted molar refractivity (Wildman–Crippen MR) is 57.6 cm³/mol. The Balaban J connectivity index is 2.64. The molecule has 0 radical (unpaired) electrons. The summed E-state index contributed by atoms with van der Waals surface area (Å²) in [6.45, 7) is 4.12. The van der Waals surface area contributed by atoms with Crippen LogP contribution < -0.4 is 5.73 Å². The van der Waals surface area contributed by atoms with E-state index < -0.39 is 0 Å². The van der Waals surface area contributed by atoms with Gasteiger partial charge >= 0.3 is 0 Å². The van der Waals surface area contributed by atoms with Gasteiger partial charge in [0.1, 0.15) is 5.84 Å². The van der Waals surface area contributed by atoms with Crippen molar-refractivity contribution in [1.29, 1.82) is 0 Å². The third kappa shape index (κ3) is 2.61. The molecule has 1 rings (SSSR count). The van der Waals surface area contributed by atoms with E-state index in [2.05, 4.69) is 12.1 Å². The maximum absolute atomic E-state index is 11.8. The fourth-order valence-electron chi connectivity index (χ4n) is 2.20. The molecule has 5 heteroatoms. The average molecular weight is 213 g/mol. The van der Waals surface area contributed by atoms with Crippen LogP contribution in [0.15, 0.2) is 5.16 Å². The number of carbonyl (C=O) groups is 1. The average Bonchev–Trinajstić information content (AvgIpc) is 2.59. The van der Waals surface area contributed by atoms with Gasteiger partial charge in [-0.3, -0.25) is 4.79 Å². The van der Waals surface area contributed by atoms with Gasteiger partial charge < -0.3 is 15.8 Å². The Kier molecular flexibility index (Phi) is 3.94. The summed E-state index contributed by atoms with van der Waals surface area (Å²) >= 11 is 0. The molecule has 1 aliphatic rings. The summed E-state index contributed by atoms with van der Waals surface area (Å²) < 4.78 is 0. The molecule has 15 heavy (non-hydrogen) atoms. The van der Waals surface area contributed by atoms with Gasteiger partial charge in [0.15, 0.2) is 0 Å². The van der Waals surface area contributed by atoms with Gasteiger partial charge in [-0.2, -0.15) is 0 Å². The maximum atomic E-state index is 11.8. The zero-order chi connectivity index (χ0) is 11.4. The number of likely N-dealkylation sites (tertiary alicyclic amines) is 1. The summed E-state index contributed by atoms with van der Waals surface area (Å²) in [5.74, 6) is -0.0592. The molecule has 5 nitrogen and oxygen atoms in total. The first-order valence-electron chi connectivity index (χ1n) is 5.37. The fourth-order valence-corrected chi connectivity index (χ4v) is 2.20. The molecule has 1 aliphatic heterocycles. The highest BCUT2D eigenvalue weighted by atomic mass is 16.4. The van der Waals surface area contributed by atoms with E-state index in [-0.39, 0.29) is 24.2 Å². The Morgan fingerprint density at radius 2 is 2.27 bits per heavy atom. The molecule has 2 atom stereocenters. The Labute approximate surface area is 89.9 Å². The van der Waals surface area contributed by atoms with Crippen LogP contribution in [0.4, 0.5) is 0 Å². The molecule has 0 aromatic carbocycles. The molecule has 0 bridgehead atoms.